The largest absolute Gasteiger partial charge is 0.453 e. The fourth-order valence-corrected chi connectivity index (χ4v) is 7.45. The van der Waals surface area contributed by atoms with Gasteiger partial charge in [-0.15, -0.1) is 0 Å². The molecule has 0 radical (unpaired) electrons. The Kier molecular flexibility index (Phi) is 11.8. The third kappa shape index (κ3) is 8.45. The van der Waals surface area contributed by atoms with E-state index in [0.29, 0.717) is 37.4 Å². The van der Waals surface area contributed by atoms with Crippen LogP contribution in [0.2, 0.25) is 0 Å². The zero-order chi connectivity index (χ0) is 39.4. The molecule has 0 aliphatic carbocycles. The quantitative estimate of drug-likeness (QED) is 0.131. The van der Waals surface area contributed by atoms with Crippen LogP contribution in [-0.2, 0) is 23.9 Å². The summed E-state index contributed by atoms with van der Waals surface area (Å²) in [5, 5.41) is 9.20. The Morgan fingerprint density at radius 3 is 1.95 bits per heavy atom. The fourth-order valence-electron chi connectivity index (χ4n) is 7.45. The van der Waals surface area contributed by atoms with Crippen molar-refractivity contribution < 1.29 is 33.4 Å². The second-order valence-corrected chi connectivity index (χ2v) is 14.8. The minimum Gasteiger partial charge on any atom is -0.453 e. The maximum Gasteiger partial charge on any atom is 0.407 e. The Labute approximate surface area is 319 Å². The lowest BCUT2D eigenvalue weighted by Crippen LogP contribution is -2.54. The first kappa shape index (κ1) is 38.9. The van der Waals surface area contributed by atoms with Crippen LogP contribution in [0.5, 0.6) is 0 Å². The van der Waals surface area contributed by atoms with Crippen molar-refractivity contribution >= 4 is 46.5 Å². The number of alkyl carbamates (subject to hydrolysis) is 2. The van der Waals surface area contributed by atoms with E-state index in [1.165, 1.54) is 14.2 Å². The number of hydrogen-bond donors (Lipinski definition) is 5. The number of imidazole rings is 1. The van der Waals surface area contributed by atoms with E-state index in [1.807, 2.05) is 76.2 Å². The van der Waals surface area contributed by atoms with E-state index in [1.54, 1.807) is 16.0 Å². The monoisotopic (exact) mass is 754 g/mol. The van der Waals surface area contributed by atoms with Crippen molar-refractivity contribution in [1.82, 2.24) is 35.4 Å². The molecule has 5 amide bonds. The molecule has 15 heteroatoms. The van der Waals surface area contributed by atoms with E-state index in [2.05, 4.69) is 30.9 Å². The molecule has 4 aromatic rings. The van der Waals surface area contributed by atoms with E-state index in [9.17, 15) is 24.0 Å². The smallest absolute Gasteiger partial charge is 0.407 e. The first-order valence-corrected chi connectivity index (χ1v) is 18.8. The lowest BCUT2D eigenvalue weighted by atomic mass is 10.0. The maximum absolute atomic E-state index is 13.5. The molecule has 55 heavy (non-hydrogen) atoms. The molecular weight excluding hydrogens is 704 g/mol. The highest BCUT2D eigenvalue weighted by Gasteiger charge is 2.39. The molecule has 4 atom stereocenters. The van der Waals surface area contributed by atoms with Crippen molar-refractivity contribution in [1.29, 1.82) is 0 Å². The van der Waals surface area contributed by atoms with Crippen LogP contribution in [0.4, 0.5) is 15.3 Å². The first-order chi connectivity index (χ1) is 26.4. The van der Waals surface area contributed by atoms with Gasteiger partial charge < -0.3 is 45.2 Å². The predicted molar refractivity (Wildman–Crippen MR) is 207 cm³/mol. The zero-order valence-electron chi connectivity index (χ0n) is 32.1. The molecule has 2 unspecified atom stereocenters. The average Bonchev–Trinajstić information content (AvgIpc) is 4.01. The predicted octanol–water partition coefficient (Wildman–Crippen LogP) is 5.58. The van der Waals surface area contributed by atoms with Crippen LogP contribution >= 0.6 is 0 Å². The number of amides is 5. The molecule has 0 saturated carbocycles. The van der Waals surface area contributed by atoms with Crippen molar-refractivity contribution in [2.75, 3.05) is 32.6 Å². The second kappa shape index (κ2) is 16.7. The highest BCUT2D eigenvalue weighted by Crippen LogP contribution is 2.34. The van der Waals surface area contributed by atoms with Gasteiger partial charge in [0.2, 0.25) is 17.7 Å². The summed E-state index contributed by atoms with van der Waals surface area (Å²) in [5.74, 6) is -0.343. The van der Waals surface area contributed by atoms with Crippen LogP contribution in [0.1, 0.15) is 65.2 Å². The third-order valence-electron chi connectivity index (χ3n) is 10.5. The number of fused-ring (bicyclic) bond motifs is 1. The number of aromatic nitrogens is 3. The molecule has 292 valence electrons. The van der Waals surface area contributed by atoms with Gasteiger partial charge in [-0.2, -0.15) is 0 Å². The number of carbonyl (C=O) groups excluding carboxylic acids is 5. The van der Waals surface area contributed by atoms with Gasteiger partial charge in [0.05, 0.1) is 32.2 Å². The fraction of sp³-hybridized carbons (Fsp3) is 0.450. The van der Waals surface area contributed by atoms with Crippen molar-refractivity contribution in [2.45, 2.75) is 77.5 Å². The molecular formula is C40H50N8O7. The summed E-state index contributed by atoms with van der Waals surface area (Å²) in [5.41, 5.74) is 5.15. The second-order valence-electron chi connectivity index (χ2n) is 14.8. The Bertz CT molecular complexity index is 2040. The van der Waals surface area contributed by atoms with Crippen molar-refractivity contribution in [3.05, 3.63) is 60.6 Å². The van der Waals surface area contributed by atoms with Crippen LogP contribution in [0.15, 0.2) is 54.7 Å². The van der Waals surface area contributed by atoms with E-state index < -0.39 is 30.3 Å². The molecule has 2 saturated heterocycles. The molecule has 2 aliphatic heterocycles. The minimum atomic E-state index is -0.802. The summed E-state index contributed by atoms with van der Waals surface area (Å²) >= 11 is 0. The highest BCUT2D eigenvalue weighted by atomic mass is 16.5. The van der Waals surface area contributed by atoms with Crippen molar-refractivity contribution in [3.8, 4) is 22.5 Å². The molecule has 0 spiro atoms. The van der Waals surface area contributed by atoms with Crippen LogP contribution < -0.4 is 16.0 Å². The van der Waals surface area contributed by atoms with Crippen LogP contribution in [-0.4, -0.2) is 100 Å². The van der Waals surface area contributed by atoms with E-state index in [-0.39, 0.29) is 35.6 Å². The number of likely N-dealkylation sites (tertiary alicyclic amines) is 2. The minimum absolute atomic E-state index is 0.117. The van der Waals surface area contributed by atoms with E-state index in [4.69, 9.17) is 9.47 Å². The molecule has 2 aromatic heterocycles. The summed E-state index contributed by atoms with van der Waals surface area (Å²) in [4.78, 5) is 79.1. The first-order valence-electron chi connectivity index (χ1n) is 18.8. The molecule has 2 aliphatic rings. The molecule has 2 fully saturated rings. The topological polar surface area (TPSA) is 191 Å². The van der Waals surface area contributed by atoms with Crippen molar-refractivity contribution in [2.24, 2.45) is 11.8 Å². The van der Waals surface area contributed by atoms with Gasteiger partial charge in [-0.25, -0.2) is 14.6 Å². The Balaban J connectivity index is 1.11. The number of benzene rings is 2. The van der Waals surface area contributed by atoms with Crippen LogP contribution in [0, 0.1) is 11.8 Å². The SMILES string of the molecule is COC(=O)NC(C(=O)N1CCC[C@H]1C(=O)Nc1ccc2[nH]c(-c3ccc(-c4cnc([C@@H]5CCCN5C(=O)C(NC(=O)OC)C(C)C)[nH]4)cc3)cc2c1)C(C)C. The number of carbonyl (C=O) groups is 5. The van der Waals surface area contributed by atoms with Gasteiger partial charge >= 0.3 is 12.2 Å². The Morgan fingerprint density at radius 2 is 1.33 bits per heavy atom. The number of nitrogens with zero attached hydrogens (tertiary/aromatic N) is 3. The van der Waals surface area contributed by atoms with Gasteiger partial charge in [0.1, 0.15) is 23.9 Å². The van der Waals surface area contributed by atoms with Crippen molar-refractivity contribution in [3.63, 3.8) is 0 Å². The van der Waals surface area contributed by atoms with E-state index >= 15 is 0 Å². The maximum atomic E-state index is 13.5. The zero-order valence-corrected chi connectivity index (χ0v) is 32.1. The summed E-state index contributed by atoms with van der Waals surface area (Å²) < 4.78 is 9.45. The number of aromatic amines is 2. The number of ether oxygens (including phenoxy) is 2. The number of hydrogen-bond acceptors (Lipinski definition) is 8. The lowest BCUT2D eigenvalue weighted by Gasteiger charge is -2.30. The van der Waals surface area contributed by atoms with Gasteiger partial charge in [-0.1, -0.05) is 52.0 Å². The summed E-state index contributed by atoms with van der Waals surface area (Å²) in [6.07, 6.45) is 3.26. The normalized spacial score (nSPS) is 18.0. The molecule has 6 rings (SSSR count). The van der Waals surface area contributed by atoms with Gasteiger partial charge in [0.25, 0.3) is 0 Å². The van der Waals surface area contributed by atoms with E-state index in [0.717, 1.165) is 46.3 Å². The summed E-state index contributed by atoms with van der Waals surface area (Å²) in [7, 11) is 2.53. The molecule has 2 aromatic carbocycles. The van der Waals surface area contributed by atoms with Crippen LogP contribution in [0.3, 0.4) is 0 Å². The summed E-state index contributed by atoms with van der Waals surface area (Å²) in [6.45, 7) is 8.46. The number of nitrogens with one attached hydrogen (secondary N) is 5. The highest BCUT2D eigenvalue weighted by molar-refractivity contribution is 6.00. The molecule has 0 bridgehead atoms. The van der Waals surface area contributed by atoms with Gasteiger partial charge in [-0.3, -0.25) is 14.4 Å². The van der Waals surface area contributed by atoms with Gasteiger partial charge in [0.15, 0.2) is 0 Å². The number of H-pyrrole nitrogens is 2. The average molecular weight is 755 g/mol. The Morgan fingerprint density at radius 1 is 0.745 bits per heavy atom. The summed E-state index contributed by atoms with van der Waals surface area (Å²) in [6, 6.07) is 13.3. The molecule has 15 nitrogen and oxygen atoms in total. The number of rotatable bonds is 11. The molecule has 4 heterocycles. The number of anilines is 1. The number of methoxy groups -OCH3 is 2. The van der Waals surface area contributed by atoms with Crippen LogP contribution in [0.25, 0.3) is 33.4 Å². The van der Waals surface area contributed by atoms with Gasteiger partial charge in [-0.05, 0) is 72.9 Å². The standard InChI is InChI=1S/C40H50N8O7/c1-22(2)33(45-39(52)54-5)37(50)47-17-7-9-31(47)35-41-21-30(44-35)25-13-11-24(12-14-25)29-20-26-19-27(15-16-28(26)43-29)42-36(49)32-10-8-18-48(32)38(51)34(23(3)4)46-40(53)55-6/h11-16,19-23,31-34,43H,7-10,17-18H2,1-6H3,(H,41,44)(H,42,49)(H,45,52)(H,46,53)/t31-,32-,33?,34?/m0/s1. The lowest BCUT2D eigenvalue weighted by molar-refractivity contribution is -0.139. The molecule has 5 N–H and O–H groups in total. The Hall–Kier alpha value is -5.86. The van der Waals surface area contributed by atoms with Gasteiger partial charge in [0, 0.05) is 35.4 Å². The third-order valence-corrected chi connectivity index (χ3v) is 10.5.